The van der Waals surface area contributed by atoms with Gasteiger partial charge in [-0.2, -0.15) is 0 Å². The van der Waals surface area contributed by atoms with Crippen molar-refractivity contribution in [2.45, 2.75) is 32.7 Å². The summed E-state index contributed by atoms with van der Waals surface area (Å²) in [6, 6.07) is 3.72. The summed E-state index contributed by atoms with van der Waals surface area (Å²) in [5.41, 5.74) is 3.69. The van der Waals surface area contributed by atoms with Crippen LogP contribution in [-0.4, -0.2) is 40.4 Å². The Hall–Kier alpha value is -3.16. The zero-order chi connectivity index (χ0) is 19.0. The molecule has 0 atom stereocenters. The van der Waals surface area contributed by atoms with Gasteiger partial charge in [0.2, 0.25) is 5.91 Å². The summed E-state index contributed by atoms with van der Waals surface area (Å²) in [5.74, 6) is -0.344. The molecule has 0 saturated carbocycles. The van der Waals surface area contributed by atoms with Crippen molar-refractivity contribution in [2.75, 3.05) is 23.3 Å². The van der Waals surface area contributed by atoms with Crippen LogP contribution in [0.2, 0.25) is 0 Å². The number of imidazole rings is 1. The maximum Gasteiger partial charge on any atom is 0.313 e. The molecule has 2 aliphatic heterocycles. The van der Waals surface area contributed by atoms with Crippen molar-refractivity contribution in [1.29, 1.82) is 0 Å². The Morgan fingerprint density at radius 2 is 1.93 bits per heavy atom. The largest absolute Gasteiger partial charge is 0.346 e. The Morgan fingerprint density at radius 3 is 2.67 bits per heavy atom. The summed E-state index contributed by atoms with van der Waals surface area (Å²) in [7, 11) is 0. The van der Waals surface area contributed by atoms with Crippen LogP contribution in [-0.2, 0) is 33.8 Å². The Kier molecular flexibility index (Phi) is 4.39. The van der Waals surface area contributed by atoms with Crippen molar-refractivity contribution < 1.29 is 14.4 Å². The van der Waals surface area contributed by atoms with Gasteiger partial charge < -0.3 is 20.1 Å². The van der Waals surface area contributed by atoms with Crippen LogP contribution < -0.4 is 15.5 Å². The first-order valence-corrected chi connectivity index (χ1v) is 9.06. The highest BCUT2D eigenvalue weighted by Crippen LogP contribution is 2.38. The van der Waals surface area contributed by atoms with Gasteiger partial charge in [0, 0.05) is 44.1 Å². The molecule has 0 spiro atoms. The maximum atomic E-state index is 12.2. The molecule has 0 aliphatic carbocycles. The molecule has 3 heterocycles. The number of nitrogens with zero attached hydrogens (tertiary/aromatic N) is 3. The summed E-state index contributed by atoms with van der Waals surface area (Å²) < 4.78 is 1.90. The second kappa shape index (κ2) is 6.86. The Morgan fingerprint density at radius 1 is 1.15 bits per heavy atom. The fourth-order valence-corrected chi connectivity index (χ4v) is 3.73. The van der Waals surface area contributed by atoms with Crippen LogP contribution >= 0.6 is 0 Å². The van der Waals surface area contributed by atoms with Gasteiger partial charge in [-0.05, 0) is 43.0 Å². The van der Waals surface area contributed by atoms with Crippen LogP contribution in [0.4, 0.5) is 11.4 Å². The van der Waals surface area contributed by atoms with Crippen molar-refractivity contribution in [2.24, 2.45) is 0 Å². The number of amides is 3. The predicted octanol–water partition coefficient (Wildman–Crippen LogP) is 0.782. The lowest BCUT2D eigenvalue weighted by Crippen LogP contribution is -2.37. The van der Waals surface area contributed by atoms with E-state index in [1.165, 1.54) is 0 Å². The predicted molar refractivity (Wildman–Crippen MR) is 99.4 cm³/mol. The molecule has 1 aromatic carbocycles. The monoisotopic (exact) mass is 367 g/mol. The fraction of sp³-hybridized carbons (Fsp3) is 0.368. The van der Waals surface area contributed by atoms with E-state index in [0.29, 0.717) is 38.2 Å². The van der Waals surface area contributed by atoms with Gasteiger partial charge in [0.25, 0.3) is 0 Å². The number of nitrogens with one attached hydrogen (secondary N) is 2. The molecule has 1 aromatic heterocycles. The zero-order valence-corrected chi connectivity index (χ0v) is 15.1. The topological polar surface area (TPSA) is 96.3 Å². The number of hydrogen-bond donors (Lipinski definition) is 2. The molecule has 2 aliphatic rings. The minimum absolute atomic E-state index is 0.158. The fourth-order valence-electron chi connectivity index (χ4n) is 3.73. The van der Waals surface area contributed by atoms with E-state index in [4.69, 9.17) is 0 Å². The van der Waals surface area contributed by atoms with E-state index < -0.39 is 11.8 Å². The van der Waals surface area contributed by atoms with E-state index in [-0.39, 0.29) is 5.91 Å². The Labute approximate surface area is 156 Å². The summed E-state index contributed by atoms with van der Waals surface area (Å²) in [6.07, 6.45) is 5.44. The van der Waals surface area contributed by atoms with Crippen molar-refractivity contribution in [3.63, 3.8) is 0 Å². The lowest BCUT2D eigenvalue weighted by atomic mass is 9.98. The minimum atomic E-state index is -0.689. The third-order valence-corrected chi connectivity index (χ3v) is 5.08. The normalized spacial score (nSPS) is 14.9. The lowest BCUT2D eigenvalue weighted by Gasteiger charge is -2.25. The number of carbonyl (C=O) groups is 3. The first-order valence-electron chi connectivity index (χ1n) is 9.06. The minimum Gasteiger partial charge on any atom is -0.346 e. The van der Waals surface area contributed by atoms with Crippen LogP contribution in [0.1, 0.15) is 23.4 Å². The molecule has 0 bridgehead atoms. The zero-order valence-electron chi connectivity index (χ0n) is 15.1. The van der Waals surface area contributed by atoms with Gasteiger partial charge in [-0.25, -0.2) is 4.98 Å². The molecule has 0 saturated heterocycles. The third-order valence-electron chi connectivity index (χ3n) is 5.08. The molecule has 0 radical (unpaired) electrons. The molecule has 0 unspecified atom stereocenters. The van der Waals surface area contributed by atoms with Crippen molar-refractivity contribution in [3.05, 3.63) is 41.5 Å². The number of anilines is 2. The van der Waals surface area contributed by atoms with Gasteiger partial charge in [-0.1, -0.05) is 0 Å². The molecule has 27 heavy (non-hydrogen) atoms. The Bertz CT molecular complexity index is 933. The molecular weight excluding hydrogens is 346 g/mol. The average Bonchev–Trinajstić information content (AvgIpc) is 3.25. The van der Waals surface area contributed by atoms with E-state index in [1.807, 2.05) is 34.7 Å². The number of aryl methyl sites for hydroxylation is 2. The Balaban J connectivity index is 1.38. The quantitative estimate of drug-likeness (QED) is 0.781. The van der Waals surface area contributed by atoms with Crippen molar-refractivity contribution >= 4 is 29.1 Å². The van der Waals surface area contributed by atoms with Crippen LogP contribution in [0.3, 0.4) is 0 Å². The number of aromatic nitrogens is 2. The van der Waals surface area contributed by atoms with Gasteiger partial charge in [-0.3, -0.25) is 14.4 Å². The van der Waals surface area contributed by atoms with Gasteiger partial charge in [0.1, 0.15) is 5.82 Å². The second-order valence-corrected chi connectivity index (χ2v) is 6.82. The highest BCUT2D eigenvalue weighted by Gasteiger charge is 2.31. The first-order chi connectivity index (χ1) is 13.0. The lowest BCUT2D eigenvalue weighted by molar-refractivity contribution is -0.136. The first kappa shape index (κ1) is 17.3. The molecular formula is C19H21N5O3. The van der Waals surface area contributed by atoms with Crippen molar-refractivity contribution in [3.8, 4) is 0 Å². The second-order valence-electron chi connectivity index (χ2n) is 6.82. The average molecular weight is 367 g/mol. The third kappa shape index (κ3) is 3.30. The van der Waals surface area contributed by atoms with Crippen LogP contribution in [0.15, 0.2) is 24.5 Å². The molecule has 140 valence electrons. The number of carbonyl (C=O) groups excluding carboxylic acids is 3. The van der Waals surface area contributed by atoms with E-state index in [2.05, 4.69) is 15.6 Å². The SMILES string of the molecule is Cc1nccn1CCNC(=O)C(=O)Nc1cc2c3c(c1)CCN3C(=O)CC2. The van der Waals surface area contributed by atoms with E-state index in [9.17, 15) is 14.4 Å². The maximum absolute atomic E-state index is 12.2. The standard InChI is InChI=1S/C19H21N5O3/c1-12-20-5-8-23(12)9-6-21-18(26)19(27)22-15-10-13-2-3-16(25)24-7-4-14(11-15)17(13)24/h5,8,10-11H,2-4,6-7,9H2,1H3,(H,21,26)(H,22,27). The highest BCUT2D eigenvalue weighted by molar-refractivity contribution is 6.39. The molecule has 8 heteroatoms. The molecule has 2 aromatic rings. The van der Waals surface area contributed by atoms with Crippen LogP contribution in [0.25, 0.3) is 0 Å². The number of hydrogen-bond acceptors (Lipinski definition) is 4. The molecule has 2 N–H and O–H groups in total. The smallest absolute Gasteiger partial charge is 0.313 e. The highest BCUT2D eigenvalue weighted by atomic mass is 16.2. The van der Waals surface area contributed by atoms with Crippen LogP contribution in [0.5, 0.6) is 0 Å². The molecule has 0 fully saturated rings. The van der Waals surface area contributed by atoms with E-state index >= 15 is 0 Å². The van der Waals surface area contributed by atoms with Gasteiger partial charge in [0.05, 0.1) is 5.69 Å². The van der Waals surface area contributed by atoms with Crippen LogP contribution in [0, 0.1) is 6.92 Å². The molecule has 8 nitrogen and oxygen atoms in total. The number of rotatable bonds is 4. The summed E-state index contributed by atoms with van der Waals surface area (Å²) in [5, 5.41) is 5.30. The van der Waals surface area contributed by atoms with Gasteiger partial charge in [-0.15, -0.1) is 0 Å². The van der Waals surface area contributed by atoms with Gasteiger partial charge in [0.15, 0.2) is 0 Å². The number of benzene rings is 1. The van der Waals surface area contributed by atoms with Gasteiger partial charge >= 0.3 is 11.8 Å². The van der Waals surface area contributed by atoms with E-state index in [1.54, 1.807) is 6.20 Å². The summed E-state index contributed by atoms with van der Waals surface area (Å²) in [4.78, 5) is 42.2. The summed E-state index contributed by atoms with van der Waals surface area (Å²) >= 11 is 0. The molecule has 4 rings (SSSR count). The molecule has 3 amide bonds. The van der Waals surface area contributed by atoms with Crippen molar-refractivity contribution in [1.82, 2.24) is 14.9 Å². The van der Waals surface area contributed by atoms with E-state index in [0.717, 1.165) is 29.1 Å². The summed E-state index contributed by atoms with van der Waals surface area (Å²) in [6.45, 7) is 3.46.